The lowest BCUT2D eigenvalue weighted by atomic mass is 10.1. The Morgan fingerprint density at radius 2 is 2.19 bits per heavy atom. The molecule has 2 heterocycles. The molecule has 140 valence electrons. The second-order valence-corrected chi connectivity index (χ2v) is 6.61. The number of pyridine rings is 1. The second kappa shape index (κ2) is 9.38. The number of aromatic nitrogens is 1. The van der Waals surface area contributed by atoms with E-state index in [-0.39, 0.29) is 0 Å². The van der Waals surface area contributed by atoms with Gasteiger partial charge in [-0.3, -0.25) is 4.99 Å². The number of methoxy groups -OCH3 is 1. The number of nitrogens with zero attached hydrogens (tertiary/aromatic N) is 3. The van der Waals surface area contributed by atoms with Crippen LogP contribution in [0.5, 0.6) is 0 Å². The van der Waals surface area contributed by atoms with Gasteiger partial charge in [0.25, 0.3) is 0 Å². The van der Waals surface area contributed by atoms with Crippen molar-refractivity contribution in [1.82, 2.24) is 15.2 Å². The van der Waals surface area contributed by atoms with Gasteiger partial charge < -0.3 is 20.3 Å². The van der Waals surface area contributed by atoms with Crippen molar-refractivity contribution in [3.05, 3.63) is 36.4 Å². The van der Waals surface area contributed by atoms with Crippen LogP contribution >= 0.6 is 0 Å². The normalized spacial score (nSPS) is 17.7. The Bertz CT molecular complexity index is 733. The SMILES string of the molecule is CCNC(=NCCNc1ccc2ccccc2n1)N1CCC(COC)C1. The predicted molar refractivity (Wildman–Crippen MR) is 108 cm³/mol. The van der Waals surface area contributed by atoms with E-state index < -0.39 is 0 Å². The number of benzene rings is 1. The third kappa shape index (κ3) is 4.85. The molecule has 1 aromatic carbocycles. The van der Waals surface area contributed by atoms with Crippen LogP contribution in [0.3, 0.4) is 0 Å². The van der Waals surface area contributed by atoms with Crippen LogP contribution in [0.1, 0.15) is 13.3 Å². The molecular weight excluding hydrogens is 326 g/mol. The van der Waals surface area contributed by atoms with Crippen molar-refractivity contribution < 1.29 is 4.74 Å². The highest BCUT2D eigenvalue weighted by atomic mass is 16.5. The number of rotatable bonds is 7. The van der Waals surface area contributed by atoms with Gasteiger partial charge in [-0.2, -0.15) is 0 Å². The van der Waals surface area contributed by atoms with Crippen molar-refractivity contribution in [3.8, 4) is 0 Å². The molecule has 26 heavy (non-hydrogen) atoms. The van der Waals surface area contributed by atoms with Gasteiger partial charge in [0.1, 0.15) is 5.82 Å². The molecule has 0 aliphatic carbocycles. The number of guanidine groups is 1. The monoisotopic (exact) mass is 355 g/mol. The van der Waals surface area contributed by atoms with E-state index in [0.717, 1.165) is 61.9 Å². The van der Waals surface area contributed by atoms with Crippen LogP contribution in [0, 0.1) is 5.92 Å². The van der Waals surface area contributed by atoms with E-state index in [1.165, 1.54) is 0 Å². The molecule has 1 unspecified atom stereocenters. The Labute approximate surface area is 155 Å². The standard InChI is InChI=1S/C20H29N5O/c1-3-21-20(25-13-10-16(14-25)15-26-2)23-12-11-22-19-9-8-17-6-4-5-7-18(17)24-19/h4-9,16H,3,10-15H2,1-2H3,(H,21,23)(H,22,24). The van der Waals surface area contributed by atoms with Crippen LogP contribution in [0.4, 0.5) is 5.82 Å². The summed E-state index contributed by atoms with van der Waals surface area (Å²) in [6.07, 6.45) is 1.16. The van der Waals surface area contributed by atoms with Gasteiger partial charge in [0, 0.05) is 44.6 Å². The number of anilines is 1. The van der Waals surface area contributed by atoms with Gasteiger partial charge in [0.15, 0.2) is 5.96 Å². The molecular formula is C20H29N5O. The van der Waals surface area contributed by atoms with Crippen molar-refractivity contribution in [3.63, 3.8) is 0 Å². The summed E-state index contributed by atoms with van der Waals surface area (Å²) in [5, 5.41) is 7.93. The van der Waals surface area contributed by atoms with Crippen LogP contribution in [0.2, 0.25) is 0 Å². The first kappa shape index (κ1) is 18.5. The van der Waals surface area contributed by atoms with E-state index in [2.05, 4.69) is 39.6 Å². The number of hydrogen-bond donors (Lipinski definition) is 2. The lowest BCUT2D eigenvalue weighted by Crippen LogP contribution is -2.40. The largest absolute Gasteiger partial charge is 0.384 e. The maximum Gasteiger partial charge on any atom is 0.193 e. The van der Waals surface area contributed by atoms with Crippen molar-refractivity contribution in [2.75, 3.05) is 51.8 Å². The molecule has 0 saturated carbocycles. The van der Waals surface area contributed by atoms with Crippen molar-refractivity contribution in [1.29, 1.82) is 0 Å². The smallest absolute Gasteiger partial charge is 0.193 e. The molecule has 0 bridgehead atoms. The fraction of sp³-hybridized carbons (Fsp3) is 0.500. The first-order valence-corrected chi connectivity index (χ1v) is 9.42. The molecule has 1 saturated heterocycles. The van der Waals surface area contributed by atoms with Gasteiger partial charge in [0.2, 0.25) is 0 Å². The fourth-order valence-electron chi connectivity index (χ4n) is 3.33. The molecule has 1 aliphatic heterocycles. The third-order valence-electron chi connectivity index (χ3n) is 4.60. The molecule has 0 amide bonds. The molecule has 1 atom stereocenters. The maximum atomic E-state index is 5.29. The summed E-state index contributed by atoms with van der Waals surface area (Å²) >= 11 is 0. The Kier molecular flexibility index (Phi) is 6.66. The number of para-hydroxylation sites is 1. The highest BCUT2D eigenvalue weighted by Crippen LogP contribution is 2.16. The van der Waals surface area contributed by atoms with Gasteiger partial charge >= 0.3 is 0 Å². The van der Waals surface area contributed by atoms with Crippen LogP contribution < -0.4 is 10.6 Å². The number of hydrogen-bond acceptors (Lipinski definition) is 4. The Morgan fingerprint density at radius 3 is 3.04 bits per heavy atom. The lowest BCUT2D eigenvalue weighted by molar-refractivity contribution is 0.157. The second-order valence-electron chi connectivity index (χ2n) is 6.61. The van der Waals surface area contributed by atoms with Gasteiger partial charge in [-0.05, 0) is 31.5 Å². The molecule has 2 aromatic rings. The van der Waals surface area contributed by atoms with Crippen molar-refractivity contribution >= 4 is 22.7 Å². The highest BCUT2D eigenvalue weighted by Gasteiger charge is 2.24. The number of likely N-dealkylation sites (tertiary alicyclic amines) is 1. The Morgan fingerprint density at radius 1 is 1.31 bits per heavy atom. The van der Waals surface area contributed by atoms with Gasteiger partial charge in [-0.25, -0.2) is 4.98 Å². The molecule has 0 spiro atoms. The number of ether oxygens (including phenoxy) is 1. The molecule has 1 aliphatic rings. The van der Waals surface area contributed by atoms with Crippen molar-refractivity contribution in [2.24, 2.45) is 10.9 Å². The quantitative estimate of drug-likeness (QED) is 0.454. The third-order valence-corrected chi connectivity index (χ3v) is 4.60. The van der Waals surface area contributed by atoms with Crippen LogP contribution in [-0.4, -0.2) is 62.3 Å². The Balaban J connectivity index is 1.53. The number of fused-ring (bicyclic) bond motifs is 1. The first-order valence-electron chi connectivity index (χ1n) is 9.42. The summed E-state index contributed by atoms with van der Waals surface area (Å²) in [6.45, 7) is 7.33. The predicted octanol–water partition coefficient (Wildman–Crippen LogP) is 2.58. The van der Waals surface area contributed by atoms with E-state index in [9.17, 15) is 0 Å². The van der Waals surface area contributed by atoms with E-state index in [0.29, 0.717) is 12.5 Å². The van der Waals surface area contributed by atoms with Crippen LogP contribution in [0.15, 0.2) is 41.4 Å². The summed E-state index contributed by atoms with van der Waals surface area (Å²) in [5.41, 5.74) is 1.01. The summed E-state index contributed by atoms with van der Waals surface area (Å²) in [7, 11) is 1.77. The summed E-state index contributed by atoms with van der Waals surface area (Å²) in [5.74, 6) is 2.49. The summed E-state index contributed by atoms with van der Waals surface area (Å²) in [6, 6.07) is 12.3. The minimum atomic E-state index is 0.601. The van der Waals surface area contributed by atoms with E-state index in [4.69, 9.17) is 9.73 Å². The molecule has 3 rings (SSSR count). The zero-order chi connectivity index (χ0) is 18.2. The van der Waals surface area contributed by atoms with Gasteiger partial charge in [-0.1, -0.05) is 18.2 Å². The maximum absolute atomic E-state index is 5.29. The Hall–Kier alpha value is -2.34. The zero-order valence-electron chi connectivity index (χ0n) is 15.7. The molecule has 1 aromatic heterocycles. The minimum Gasteiger partial charge on any atom is -0.384 e. The summed E-state index contributed by atoms with van der Waals surface area (Å²) in [4.78, 5) is 11.7. The van der Waals surface area contributed by atoms with Crippen molar-refractivity contribution in [2.45, 2.75) is 13.3 Å². The van der Waals surface area contributed by atoms with Gasteiger partial charge in [-0.15, -0.1) is 0 Å². The van der Waals surface area contributed by atoms with E-state index in [1.807, 2.05) is 24.3 Å². The number of aliphatic imine (C=N–C) groups is 1. The van der Waals surface area contributed by atoms with Gasteiger partial charge in [0.05, 0.1) is 18.7 Å². The highest BCUT2D eigenvalue weighted by molar-refractivity contribution is 5.80. The average molecular weight is 355 g/mol. The average Bonchev–Trinajstić information content (AvgIpc) is 3.13. The first-order chi connectivity index (χ1) is 12.8. The molecule has 0 radical (unpaired) electrons. The minimum absolute atomic E-state index is 0.601. The molecule has 2 N–H and O–H groups in total. The van der Waals surface area contributed by atoms with Crippen LogP contribution in [0.25, 0.3) is 10.9 Å². The van der Waals surface area contributed by atoms with Crippen LogP contribution in [-0.2, 0) is 4.74 Å². The zero-order valence-corrected chi connectivity index (χ0v) is 15.7. The molecule has 1 fully saturated rings. The molecule has 6 nitrogen and oxygen atoms in total. The van der Waals surface area contributed by atoms with E-state index >= 15 is 0 Å². The lowest BCUT2D eigenvalue weighted by Gasteiger charge is -2.21. The topological polar surface area (TPSA) is 61.8 Å². The summed E-state index contributed by atoms with van der Waals surface area (Å²) < 4.78 is 5.29. The van der Waals surface area contributed by atoms with E-state index in [1.54, 1.807) is 7.11 Å². The molecule has 6 heteroatoms. The number of nitrogens with one attached hydrogen (secondary N) is 2. The fourth-order valence-corrected chi connectivity index (χ4v) is 3.33.